The van der Waals surface area contributed by atoms with Gasteiger partial charge < -0.3 is 10.4 Å². The van der Waals surface area contributed by atoms with Crippen molar-refractivity contribution in [3.63, 3.8) is 0 Å². The summed E-state index contributed by atoms with van der Waals surface area (Å²) in [7, 11) is 0. The molecule has 0 aromatic heterocycles. The minimum atomic E-state index is -1.01. The van der Waals surface area contributed by atoms with E-state index in [9.17, 15) is 14.7 Å². The Morgan fingerprint density at radius 3 is 2.35 bits per heavy atom. The van der Waals surface area contributed by atoms with Gasteiger partial charge in [-0.3, -0.25) is 4.79 Å². The van der Waals surface area contributed by atoms with Crippen LogP contribution in [0.25, 0.3) is 0 Å². The molecule has 20 heavy (non-hydrogen) atoms. The second-order valence-corrected chi connectivity index (χ2v) is 6.71. The lowest BCUT2D eigenvalue weighted by atomic mass is 9.98. The van der Waals surface area contributed by atoms with Crippen molar-refractivity contribution in [1.82, 2.24) is 5.32 Å². The molecule has 1 unspecified atom stereocenters. The number of carbonyl (C=O) groups excluding carboxylic acids is 1. The van der Waals surface area contributed by atoms with E-state index < -0.39 is 11.5 Å². The lowest BCUT2D eigenvalue weighted by molar-refractivity contribution is -0.146. The molecule has 4 nitrogen and oxygen atoms in total. The summed E-state index contributed by atoms with van der Waals surface area (Å²) >= 11 is 1.60. The van der Waals surface area contributed by atoms with Crippen LogP contribution in [-0.2, 0) is 9.59 Å². The Morgan fingerprint density at radius 1 is 1.15 bits per heavy atom. The highest BCUT2D eigenvalue weighted by atomic mass is 32.2. The second kappa shape index (κ2) is 9.27. The van der Waals surface area contributed by atoms with Crippen molar-refractivity contribution < 1.29 is 14.7 Å². The Balaban J connectivity index is 2.15. The van der Waals surface area contributed by atoms with Crippen LogP contribution in [-0.4, -0.2) is 34.0 Å². The zero-order valence-electron chi connectivity index (χ0n) is 12.5. The van der Waals surface area contributed by atoms with E-state index in [1.54, 1.807) is 11.8 Å². The van der Waals surface area contributed by atoms with Crippen molar-refractivity contribution in [1.29, 1.82) is 0 Å². The van der Waals surface area contributed by atoms with Crippen LogP contribution in [0.1, 0.15) is 64.7 Å². The molecule has 1 atom stereocenters. The zero-order chi connectivity index (χ0) is 14.8. The van der Waals surface area contributed by atoms with Gasteiger partial charge in [-0.1, -0.05) is 45.4 Å². The van der Waals surface area contributed by atoms with E-state index in [2.05, 4.69) is 12.2 Å². The Labute approximate surface area is 126 Å². The molecular weight excluding hydrogens is 274 g/mol. The van der Waals surface area contributed by atoms with E-state index in [-0.39, 0.29) is 5.91 Å². The fourth-order valence-electron chi connectivity index (χ4n) is 2.46. The predicted molar refractivity (Wildman–Crippen MR) is 83.1 cm³/mol. The van der Waals surface area contributed by atoms with E-state index in [0.29, 0.717) is 18.6 Å². The first-order valence-electron chi connectivity index (χ1n) is 7.73. The van der Waals surface area contributed by atoms with Gasteiger partial charge in [0.05, 0.1) is 0 Å². The molecule has 116 valence electrons. The summed E-state index contributed by atoms with van der Waals surface area (Å²) in [4.78, 5) is 23.2. The number of hydrogen-bond acceptors (Lipinski definition) is 3. The van der Waals surface area contributed by atoms with Gasteiger partial charge in [-0.25, -0.2) is 4.79 Å². The van der Waals surface area contributed by atoms with Gasteiger partial charge in [0.1, 0.15) is 5.54 Å². The summed E-state index contributed by atoms with van der Waals surface area (Å²) < 4.78 is 0. The second-order valence-electron chi connectivity index (χ2n) is 5.61. The smallest absolute Gasteiger partial charge is 0.330 e. The molecule has 2 N–H and O–H groups in total. The Morgan fingerprint density at radius 2 is 1.80 bits per heavy atom. The Bertz CT molecular complexity index is 314. The van der Waals surface area contributed by atoms with Crippen LogP contribution in [0, 0.1) is 0 Å². The zero-order valence-corrected chi connectivity index (χ0v) is 13.3. The number of rotatable bonds is 10. The molecule has 5 heteroatoms. The third-order valence-corrected chi connectivity index (χ3v) is 5.01. The molecule has 1 fully saturated rings. The molecule has 0 spiro atoms. The molecule has 0 aromatic carbocycles. The van der Waals surface area contributed by atoms with Crippen molar-refractivity contribution in [3.8, 4) is 0 Å². The molecule has 1 heterocycles. The standard InChI is InChI=1S/C15H27NO3S/c1-2-3-4-5-6-7-8-9-13(17)16-15(14(18)19)10-11-20-12-15/h2-12H2,1H3,(H,16,17)(H,18,19). The van der Waals surface area contributed by atoms with Gasteiger partial charge >= 0.3 is 5.97 Å². The third-order valence-electron chi connectivity index (χ3n) is 3.82. The van der Waals surface area contributed by atoms with Gasteiger partial charge in [-0.2, -0.15) is 11.8 Å². The number of thioether (sulfide) groups is 1. The van der Waals surface area contributed by atoms with Gasteiger partial charge in [-0.15, -0.1) is 0 Å². The van der Waals surface area contributed by atoms with Crippen LogP contribution in [0.3, 0.4) is 0 Å². The van der Waals surface area contributed by atoms with Crippen molar-refractivity contribution in [2.45, 2.75) is 70.3 Å². The number of carbonyl (C=O) groups is 2. The van der Waals surface area contributed by atoms with E-state index in [0.717, 1.165) is 18.6 Å². The monoisotopic (exact) mass is 301 g/mol. The minimum absolute atomic E-state index is 0.108. The number of hydrogen-bond donors (Lipinski definition) is 2. The molecule has 1 rings (SSSR count). The molecule has 0 aromatic rings. The number of aliphatic carboxylic acids is 1. The maximum atomic E-state index is 11.9. The summed E-state index contributed by atoms with van der Waals surface area (Å²) in [6.45, 7) is 2.20. The Kier molecular flexibility index (Phi) is 8.04. The SMILES string of the molecule is CCCCCCCCCC(=O)NC1(C(=O)O)CCSC1. The van der Waals surface area contributed by atoms with Gasteiger partial charge in [0, 0.05) is 12.2 Å². The maximum Gasteiger partial charge on any atom is 0.330 e. The number of amides is 1. The topological polar surface area (TPSA) is 66.4 Å². The van der Waals surface area contributed by atoms with Crippen LogP contribution in [0.5, 0.6) is 0 Å². The molecule has 1 amide bonds. The lowest BCUT2D eigenvalue weighted by Gasteiger charge is -2.24. The first kappa shape index (κ1) is 17.3. The van der Waals surface area contributed by atoms with Crippen molar-refractivity contribution in [2.24, 2.45) is 0 Å². The highest BCUT2D eigenvalue weighted by Crippen LogP contribution is 2.28. The molecule has 1 saturated heterocycles. The maximum absolute atomic E-state index is 11.9. The average molecular weight is 301 g/mol. The van der Waals surface area contributed by atoms with Crippen LogP contribution < -0.4 is 5.32 Å². The fourth-order valence-corrected chi connectivity index (χ4v) is 3.78. The molecule has 0 radical (unpaired) electrons. The summed E-state index contributed by atoms with van der Waals surface area (Å²) in [5.74, 6) is 0.300. The number of carboxylic acids is 1. The van der Waals surface area contributed by atoms with Gasteiger partial charge in [-0.05, 0) is 18.6 Å². The molecule has 1 aliphatic rings. The first-order chi connectivity index (χ1) is 9.60. The molecule has 0 bridgehead atoms. The molecule has 0 saturated carbocycles. The van der Waals surface area contributed by atoms with Crippen molar-refractivity contribution >= 4 is 23.6 Å². The van der Waals surface area contributed by atoms with Crippen LogP contribution in [0.15, 0.2) is 0 Å². The normalized spacial score (nSPS) is 21.9. The summed E-state index contributed by atoms with van der Waals surface area (Å²) in [6.07, 6.45) is 9.15. The van der Waals surface area contributed by atoms with Crippen LogP contribution >= 0.6 is 11.8 Å². The van der Waals surface area contributed by atoms with Crippen LogP contribution in [0.2, 0.25) is 0 Å². The lowest BCUT2D eigenvalue weighted by Crippen LogP contribution is -2.54. The predicted octanol–water partition coefficient (Wildman–Crippen LogP) is 3.20. The van der Waals surface area contributed by atoms with E-state index >= 15 is 0 Å². The molecular formula is C15H27NO3S. The van der Waals surface area contributed by atoms with Gasteiger partial charge in [0.2, 0.25) is 5.91 Å². The largest absolute Gasteiger partial charge is 0.479 e. The quantitative estimate of drug-likeness (QED) is 0.608. The van der Waals surface area contributed by atoms with Crippen LogP contribution in [0.4, 0.5) is 0 Å². The number of carboxylic acid groups (broad SMARTS) is 1. The summed E-state index contributed by atoms with van der Waals surface area (Å²) in [5, 5.41) is 12.0. The van der Waals surface area contributed by atoms with Crippen molar-refractivity contribution in [2.75, 3.05) is 11.5 Å². The number of nitrogens with one attached hydrogen (secondary N) is 1. The minimum Gasteiger partial charge on any atom is -0.479 e. The van der Waals surface area contributed by atoms with E-state index in [4.69, 9.17) is 0 Å². The highest BCUT2D eigenvalue weighted by molar-refractivity contribution is 7.99. The van der Waals surface area contributed by atoms with Gasteiger partial charge in [0.25, 0.3) is 0 Å². The fraction of sp³-hybridized carbons (Fsp3) is 0.867. The van der Waals surface area contributed by atoms with E-state index in [1.807, 2.05) is 0 Å². The molecule has 1 aliphatic heterocycles. The highest BCUT2D eigenvalue weighted by Gasteiger charge is 2.42. The summed E-state index contributed by atoms with van der Waals surface area (Å²) in [6, 6.07) is 0. The van der Waals surface area contributed by atoms with Gasteiger partial charge in [0.15, 0.2) is 0 Å². The Hall–Kier alpha value is -0.710. The summed E-state index contributed by atoms with van der Waals surface area (Å²) in [5.41, 5.74) is -1.01. The van der Waals surface area contributed by atoms with Crippen molar-refractivity contribution in [3.05, 3.63) is 0 Å². The first-order valence-corrected chi connectivity index (χ1v) is 8.88. The number of unbranched alkanes of at least 4 members (excludes halogenated alkanes) is 6. The molecule has 0 aliphatic carbocycles. The average Bonchev–Trinajstić information content (AvgIpc) is 2.87. The third kappa shape index (κ3) is 5.73. The van der Waals surface area contributed by atoms with E-state index in [1.165, 1.54) is 32.1 Å².